The van der Waals surface area contributed by atoms with E-state index in [1.807, 2.05) is 0 Å². The minimum Gasteiger partial charge on any atom is -0.477 e. The summed E-state index contributed by atoms with van der Waals surface area (Å²) in [5, 5.41) is 27.5. The summed E-state index contributed by atoms with van der Waals surface area (Å²) in [6.45, 7) is 2.86. The van der Waals surface area contributed by atoms with E-state index in [0.717, 1.165) is 30.7 Å². The van der Waals surface area contributed by atoms with Gasteiger partial charge < -0.3 is 26.1 Å². The topological polar surface area (TPSA) is 171 Å². The smallest absolute Gasteiger partial charge is 0.352 e. The zero-order chi connectivity index (χ0) is 24.6. The Morgan fingerprint density at radius 1 is 1.47 bits per heavy atom. The minimum absolute atomic E-state index is 0.0392. The number of nitrogen functional groups attached to an aromatic ring is 1. The minimum atomic E-state index is -1.19. The van der Waals surface area contributed by atoms with Crippen LogP contribution in [0.4, 0.5) is 5.13 Å². The molecule has 14 heteroatoms. The van der Waals surface area contributed by atoms with Crippen LogP contribution in [0.5, 0.6) is 0 Å². The number of carboxylic acids is 1. The highest BCUT2D eigenvalue weighted by molar-refractivity contribution is 8.00. The predicted molar refractivity (Wildman–Crippen MR) is 126 cm³/mol. The summed E-state index contributed by atoms with van der Waals surface area (Å²) in [6, 6.07) is -0.953. The first-order valence-electron chi connectivity index (χ1n) is 10.7. The molecule has 0 aliphatic carbocycles. The second kappa shape index (κ2) is 9.90. The predicted octanol–water partition coefficient (Wildman–Crippen LogP) is -0.340. The first-order valence-corrected chi connectivity index (χ1v) is 12.6. The Bertz CT molecular complexity index is 1060. The van der Waals surface area contributed by atoms with Crippen LogP contribution in [0.3, 0.4) is 0 Å². The van der Waals surface area contributed by atoms with Crippen molar-refractivity contribution in [3.05, 3.63) is 22.3 Å². The number of carboxylic acid groups (broad SMARTS) is 1. The number of nitrogens with two attached hydrogens (primary N) is 1. The largest absolute Gasteiger partial charge is 0.477 e. The maximum absolute atomic E-state index is 13.0. The van der Waals surface area contributed by atoms with Gasteiger partial charge in [-0.1, -0.05) is 5.16 Å². The second-order valence-electron chi connectivity index (χ2n) is 8.23. The molecule has 0 bridgehead atoms. The third-order valence-corrected chi connectivity index (χ3v) is 8.08. The molecule has 184 valence electrons. The Morgan fingerprint density at radius 2 is 2.24 bits per heavy atom. The number of aliphatic hydroxyl groups excluding tert-OH is 1. The molecule has 5 N–H and O–H groups in total. The van der Waals surface area contributed by atoms with Crippen molar-refractivity contribution in [1.29, 1.82) is 0 Å². The van der Waals surface area contributed by atoms with Gasteiger partial charge >= 0.3 is 5.97 Å². The lowest BCUT2D eigenvalue weighted by Gasteiger charge is -2.49. The highest BCUT2D eigenvalue weighted by atomic mass is 32.2. The molecule has 0 radical (unpaired) electrons. The first kappa shape index (κ1) is 24.4. The molecule has 2 amide bonds. The van der Waals surface area contributed by atoms with Gasteiger partial charge in [-0.15, -0.1) is 23.1 Å². The lowest BCUT2D eigenvalue weighted by Crippen LogP contribution is -2.71. The van der Waals surface area contributed by atoms with Crippen LogP contribution in [0.2, 0.25) is 0 Å². The third kappa shape index (κ3) is 4.50. The van der Waals surface area contributed by atoms with Crippen LogP contribution >= 0.6 is 23.1 Å². The quantitative estimate of drug-likeness (QED) is 0.206. The number of thioether (sulfide) groups is 1. The van der Waals surface area contributed by atoms with Crippen LogP contribution in [-0.4, -0.2) is 98.0 Å². The summed E-state index contributed by atoms with van der Waals surface area (Å²) >= 11 is 2.52. The van der Waals surface area contributed by atoms with Crippen molar-refractivity contribution < 1.29 is 29.4 Å². The lowest BCUT2D eigenvalue weighted by molar-refractivity contribution is -0.150. The van der Waals surface area contributed by atoms with Crippen molar-refractivity contribution in [3.63, 3.8) is 0 Å². The zero-order valence-electron chi connectivity index (χ0n) is 18.6. The SMILES string of the molecule is CON=C(C(=O)NC1C(=O)N2C(C(=O)O)=C(CN3CCCC3C(C)O)CS[C@@H]12)c1csc(N)n1. The number of hydrogen-bond donors (Lipinski definition) is 4. The number of nitrogens with zero attached hydrogens (tertiary/aromatic N) is 4. The Kier molecular flexibility index (Phi) is 7.12. The summed E-state index contributed by atoms with van der Waals surface area (Å²) < 4.78 is 0. The maximum atomic E-state index is 13.0. The van der Waals surface area contributed by atoms with E-state index in [-0.39, 0.29) is 28.3 Å². The molecule has 1 aromatic heterocycles. The van der Waals surface area contributed by atoms with Crippen molar-refractivity contribution in [1.82, 2.24) is 20.1 Å². The lowest BCUT2D eigenvalue weighted by atomic mass is 10.0. The van der Waals surface area contributed by atoms with E-state index in [1.54, 1.807) is 12.3 Å². The fourth-order valence-corrected chi connectivity index (χ4v) is 6.43. The van der Waals surface area contributed by atoms with Crippen LogP contribution < -0.4 is 11.1 Å². The van der Waals surface area contributed by atoms with Crippen LogP contribution in [-0.2, 0) is 19.2 Å². The van der Waals surface area contributed by atoms with Gasteiger partial charge in [0.25, 0.3) is 11.8 Å². The number of β-lactam (4-membered cyclic amide) rings is 1. The average Bonchev–Trinajstić information content (AvgIpc) is 3.44. The number of rotatable bonds is 8. The number of likely N-dealkylation sites (tertiary alicyclic amines) is 1. The number of aliphatic hydroxyl groups is 1. The summed E-state index contributed by atoms with van der Waals surface area (Å²) in [5.74, 6) is -1.98. The molecule has 2 fully saturated rings. The van der Waals surface area contributed by atoms with Gasteiger partial charge in [-0.05, 0) is 31.9 Å². The number of fused-ring (bicyclic) bond motifs is 1. The third-order valence-electron chi connectivity index (χ3n) is 6.06. The molecule has 0 saturated carbocycles. The van der Waals surface area contributed by atoms with E-state index in [1.165, 1.54) is 23.8 Å². The Morgan fingerprint density at radius 3 is 2.85 bits per heavy atom. The Labute approximate surface area is 203 Å². The van der Waals surface area contributed by atoms with Crippen molar-refractivity contribution in [2.75, 3.05) is 31.7 Å². The van der Waals surface area contributed by atoms with Crippen molar-refractivity contribution >= 4 is 51.7 Å². The van der Waals surface area contributed by atoms with Gasteiger partial charge in [-0.3, -0.25) is 19.4 Å². The average molecular weight is 511 g/mol. The molecule has 34 heavy (non-hydrogen) atoms. The standard InChI is InChI=1S/C20H26N6O6S2/c1-9(27)12-4-3-5-25(12)6-10-7-33-18-14(17(29)26(18)15(10)19(30)31)23-16(28)13(24-32-2)11-8-34-20(21)22-11/h8-9,12,14,18,27H,3-7H2,1-2H3,(H2,21,22)(H,23,28)(H,30,31)/t9?,12?,14?,18-/m0/s1. The van der Waals surface area contributed by atoms with Gasteiger partial charge in [0.2, 0.25) is 0 Å². The van der Waals surface area contributed by atoms with Crippen LogP contribution in [0.1, 0.15) is 25.5 Å². The molecule has 3 unspecified atom stereocenters. The highest BCUT2D eigenvalue weighted by Crippen LogP contribution is 2.41. The van der Waals surface area contributed by atoms with Gasteiger partial charge in [0, 0.05) is 23.7 Å². The van der Waals surface area contributed by atoms with Crippen molar-refractivity contribution in [2.24, 2.45) is 5.16 Å². The number of thiazole rings is 1. The molecule has 4 rings (SSSR count). The molecule has 12 nitrogen and oxygen atoms in total. The molecule has 0 spiro atoms. The number of oxime groups is 1. The summed E-state index contributed by atoms with van der Waals surface area (Å²) in [6.07, 6.45) is 1.24. The molecule has 2 saturated heterocycles. The number of anilines is 1. The normalized spacial score (nSPS) is 26.2. The molecule has 3 aliphatic rings. The number of carbonyl (C=O) groups excluding carboxylic acids is 2. The van der Waals surface area contributed by atoms with Crippen LogP contribution in [0.25, 0.3) is 0 Å². The van der Waals surface area contributed by atoms with Crippen molar-refractivity contribution in [3.8, 4) is 0 Å². The molecule has 4 atom stereocenters. The van der Waals surface area contributed by atoms with E-state index in [9.17, 15) is 24.6 Å². The summed E-state index contributed by atoms with van der Waals surface area (Å²) in [7, 11) is 1.28. The fraction of sp³-hybridized carbons (Fsp3) is 0.550. The van der Waals surface area contributed by atoms with Gasteiger partial charge in [-0.25, -0.2) is 9.78 Å². The van der Waals surface area contributed by atoms with Gasteiger partial charge in [0.05, 0.1) is 6.10 Å². The molecule has 1 aromatic rings. The number of amides is 2. The molecular formula is C20H26N6O6S2. The van der Waals surface area contributed by atoms with E-state index in [4.69, 9.17) is 10.6 Å². The van der Waals surface area contributed by atoms with Crippen LogP contribution in [0, 0.1) is 0 Å². The molecular weight excluding hydrogens is 484 g/mol. The monoisotopic (exact) mass is 510 g/mol. The number of hydrogen-bond acceptors (Lipinski definition) is 11. The van der Waals surface area contributed by atoms with Gasteiger partial charge in [0.15, 0.2) is 10.8 Å². The summed E-state index contributed by atoms with van der Waals surface area (Å²) in [4.78, 5) is 50.0. The van der Waals surface area contributed by atoms with E-state index < -0.39 is 35.3 Å². The number of nitrogens with one attached hydrogen (secondary N) is 1. The number of aliphatic carboxylic acids is 1. The Hall–Kier alpha value is -2.68. The second-order valence-corrected chi connectivity index (χ2v) is 10.2. The fourth-order valence-electron chi connectivity index (χ4n) is 4.55. The summed E-state index contributed by atoms with van der Waals surface area (Å²) in [5.41, 5.74) is 6.30. The van der Waals surface area contributed by atoms with E-state index >= 15 is 0 Å². The molecule has 0 aromatic carbocycles. The maximum Gasteiger partial charge on any atom is 0.352 e. The first-order chi connectivity index (χ1) is 16.2. The van der Waals surface area contributed by atoms with Gasteiger partial charge in [0.1, 0.15) is 29.9 Å². The molecule has 3 aliphatic heterocycles. The van der Waals surface area contributed by atoms with E-state index in [0.29, 0.717) is 17.9 Å². The number of carbonyl (C=O) groups is 3. The highest BCUT2D eigenvalue weighted by Gasteiger charge is 2.54. The van der Waals surface area contributed by atoms with Crippen LogP contribution in [0.15, 0.2) is 21.8 Å². The van der Waals surface area contributed by atoms with Gasteiger partial charge in [-0.2, -0.15) is 0 Å². The molecule has 4 heterocycles. The number of aromatic nitrogens is 1. The van der Waals surface area contributed by atoms with Crippen molar-refractivity contribution in [2.45, 2.75) is 43.3 Å². The zero-order valence-corrected chi connectivity index (χ0v) is 20.3. The van der Waals surface area contributed by atoms with E-state index in [2.05, 4.69) is 20.4 Å². The Balaban J connectivity index is 1.50.